The molecule has 0 amide bonds. The Morgan fingerprint density at radius 2 is 1.88 bits per heavy atom. The van der Waals surface area contributed by atoms with Crippen LogP contribution in [0.3, 0.4) is 0 Å². The van der Waals surface area contributed by atoms with Gasteiger partial charge in [0.2, 0.25) is 0 Å². The van der Waals surface area contributed by atoms with E-state index in [4.69, 9.17) is 9.47 Å². The van der Waals surface area contributed by atoms with Crippen molar-refractivity contribution in [1.29, 1.82) is 0 Å². The maximum Gasteiger partial charge on any atom is 0.123 e. The normalized spacial score (nSPS) is 25.8. The van der Waals surface area contributed by atoms with E-state index in [0.29, 0.717) is 12.2 Å². The van der Waals surface area contributed by atoms with Gasteiger partial charge in [-0.15, -0.1) is 0 Å². The first-order valence-corrected chi connectivity index (χ1v) is 6.18. The summed E-state index contributed by atoms with van der Waals surface area (Å²) in [5.74, 6) is 0.972. The summed E-state index contributed by atoms with van der Waals surface area (Å²) in [6.07, 6.45) is 0.627. The van der Waals surface area contributed by atoms with E-state index >= 15 is 0 Å². The molecule has 17 heavy (non-hydrogen) atoms. The van der Waals surface area contributed by atoms with Crippen LogP contribution in [0.2, 0.25) is 0 Å². The van der Waals surface area contributed by atoms with Crippen molar-refractivity contribution in [2.24, 2.45) is 0 Å². The van der Waals surface area contributed by atoms with Crippen LogP contribution >= 0.6 is 0 Å². The van der Waals surface area contributed by atoms with Crippen molar-refractivity contribution in [3.8, 4) is 5.75 Å². The SMILES string of the molecule is COc1ccccc1CN1C[C@H](C)O[C@@H](C)C1. The van der Waals surface area contributed by atoms with Crippen LogP contribution in [0.1, 0.15) is 19.4 Å². The first-order valence-electron chi connectivity index (χ1n) is 6.18. The molecule has 0 unspecified atom stereocenters. The molecule has 1 aliphatic heterocycles. The highest BCUT2D eigenvalue weighted by Gasteiger charge is 2.22. The number of methoxy groups -OCH3 is 1. The standard InChI is InChI=1S/C14H21NO2/c1-11-8-15(9-12(2)17-11)10-13-6-4-5-7-14(13)16-3/h4-7,11-12H,8-10H2,1-3H3/t11-,12-/m0/s1. The Hall–Kier alpha value is -1.06. The molecule has 0 radical (unpaired) electrons. The highest BCUT2D eigenvalue weighted by atomic mass is 16.5. The lowest BCUT2D eigenvalue weighted by molar-refractivity contribution is -0.0706. The number of hydrogen-bond acceptors (Lipinski definition) is 3. The second-order valence-electron chi connectivity index (χ2n) is 4.76. The van der Waals surface area contributed by atoms with Gasteiger partial charge in [0, 0.05) is 25.2 Å². The smallest absolute Gasteiger partial charge is 0.123 e. The summed E-state index contributed by atoms with van der Waals surface area (Å²) < 4.78 is 11.1. The largest absolute Gasteiger partial charge is 0.496 e. The average Bonchev–Trinajstić information content (AvgIpc) is 2.28. The maximum absolute atomic E-state index is 5.74. The van der Waals surface area contributed by atoms with Gasteiger partial charge < -0.3 is 9.47 Å². The molecule has 0 aliphatic carbocycles. The Morgan fingerprint density at radius 1 is 1.24 bits per heavy atom. The van der Waals surface area contributed by atoms with Gasteiger partial charge in [0.05, 0.1) is 19.3 Å². The maximum atomic E-state index is 5.74. The Labute approximate surface area is 103 Å². The number of benzene rings is 1. The molecule has 3 heteroatoms. The number of rotatable bonds is 3. The van der Waals surface area contributed by atoms with Crippen LogP contribution in [0.25, 0.3) is 0 Å². The van der Waals surface area contributed by atoms with Gasteiger partial charge in [-0.3, -0.25) is 4.90 Å². The number of para-hydroxylation sites is 1. The molecule has 0 saturated carbocycles. The molecular formula is C14H21NO2. The predicted octanol–water partition coefficient (Wildman–Crippen LogP) is 2.30. The van der Waals surface area contributed by atoms with Crippen LogP contribution in [0.5, 0.6) is 5.75 Å². The molecular weight excluding hydrogens is 214 g/mol. The minimum Gasteiger partial charge on any atom is -0.496 e. The molecule has 1 aliphatic rings. The van der Waals surface area contributed by atoms with Crippen molar-refractivity contribution in [1.82, 2.24) is 4.90 Å². The van der Waals surface area contributed by atoms with E-state index in [-0.39, 0.29) is 0 Å². The predicted molar refractivity (Wildman–Crippen MR) is 68.3 cm³/mol. The average molecular weight is 235 g/mol. The molecule has 2 rings (SSSR count). The molecule has 0 spiro atoms. The summed E-state index contributed by atoms with van der Waals surface area (Å²) in [5, 5.41) is 0. The summed E-state index contributed by atoms with van der Waals surface area (Å²) in [4.78, 5) is 2.43. The lowest BCUT2D eigenvalue weighted by Gasteiger charge is -2.35. The van der Waals surface area contributed by atoms with Gasteiger partial charge in [-0.25, -0.2) is 0 Å². The molecule has 1 heterocycles. The molecule has 2 atom stereocenters. The fourth-order valence-electron chi connectivity index (χ4n) is 2.49. The van der Waals surface area contributed by atoms with E-state index in [1.165, 1.54) is 5.56 Å². The number of ether oxygens (including phenoxy) is 2. The van der Waals surface area contributed by atoms with Crippen molar-refractivity contribution in [3.05, 3.63) is 29.8 Å². The van der Waals surface area contributed by atoms with Crippen molar-refractivity contribution < 1.29 is 9.47 Å². The van der Waals surface area contributed by atoms with E-state index in [1.54, 1.807) is 7.11 Å². The van der Waals surface area contributed by atoms with Gasteiger partial charge in [0.15, 0.2) is 0 Å². The van der Waals surface area contributed by atoms with E-state index in [1.807, 2.05) is 12.1 Å². The van der Waals surface area contributed by atoms with Crippen LogP contribution in [0.15, 0.2) is 24.3 Å². The second kappa shape index (κ2) is 5.52. The summed E-state index contributed by atoms with van der Waals surface area (Å²) in [5.41, 5.74) is 1.25. The Balaban J connectivity index is 2.04. The summed E-state index contributed by atoms with van der Waals surface area (Å²) in [6.45, 7) is 7.17. The molecule has 94 valence electrons. The number of morpholine rings is 1. The van der Waals surface area contributed by atoms with Gasteiger partial charge in [-0.05, 0) is 19.9 Å². The summed E-state index contributed by atoms with van der Waals surface area (Å²) >= 11 is 0. The molecule has 1 saturated heterocycles. The zero-order chi connectivity index (χ0) is 12.3. The molecule has 3 nitrogen and oxygen atoms in total. The van der Waals surface area contributed by atoms with Crippen LogP contribution in [0, 0.1) is 0 Å². The number of nitrogens with zero attached hydrogens (tertiary/aromatic N) is 1. The minimum absolute atomic E-state index is 0.313. The monoisotopic (exact) mass is 235 g/mol. The fourth-order valence-corrected chi connectivity index (χ4v) is 2.49. The first-order chi connectivity index (χ1) is 8.19. The summed E-state index contributed by atoms with van der Waals surface area (Å²) in [6, 6.07) is 8.21. The quantitative estimate of drug-likeness (QED) is 0.802. The second-order valence-corrected chi connectivity index (χ2v) is 4.76. The van der Waals surface area contributed by atoms with E-state index in [9.17, 15) is 0 Å². The Kier molecular flexibility index (Phi) is 4.02. The van der Waals surface area contributed by atoms with E-state index in [2.05, 4.69) is 30.9 Å². The molecule has 0 aromatic heterocycles. The highest BCUT2D eigenvalue weighted by Crippen LogP contribution is 2.21. The number of hydrogen-bond donors (Lipinski definition) is 0. The highest BCUT2D eigenvalue weighted by molar-refractivity contribution is 5.33. The Morgan fingerprint density at radius 3 is 2.53 bits per heavy atom. The lowest BCUT2D eigenvalue weighted by Crippen LogP contribution is -2.44. The van der Waals surface area contributed by atoms with Gasteiger partial charge in [-0.1, -0.05) is 18.2 Å². The molecule has 0 bridgehead atoms. The van der Waals surface area contributed by atoms with Gasteiger partial charge in [-0.2, -0.15) is 0 Å². The molecule has 1 aromatic carbocycles. The van der Waals surface area contributed by atoms with E-state index < -0.39 is 0 Å². The Bertz CT molecular complexity index is 357. The first kappa shape index (κ1) is 12.4. The van der Waals surface area contributed by atoms with Gasteiger partial charge in [0.25, 0.3) is 0 Å². The molecule has 0 N–H and O–H groups in total. The lowest BCUT2D eigenvalue weighted by atomic mass is 10.1. The topological polar surface area (TPSA) is 21.7 Å². The third-order valence-corrected chi connectivity index (χ3v) is 3.08. The third-order valence-electron chi connectivity index (χ3n) is 3.08. The van der Waals surface area contributed by atoms with Crippen molar-refractivity contribution >= 4 is 0 Å². The molecule has 1 aromatic rings. The molecule has 1 fully saturated rings. The van der Waals surface area contributed by atoms with Crippen molar-refractivity contribution in [2.45, 2.75) is 32.6 Å². The van der Waals surface area contributed by atoms with Crippen LogP contribution in [-0.4, -0.2) is 37.3 Å². The van der Waals surface area contributed by atoms with Crippen LogP contribution < -0.4 is 4.74 Å². The van der Waals surface area contributed by atoms with Crippen molar-refractivity contribution in [2.75, 3.05) is 20.2 Å². The zero-order valence-electron chi connectivity index (χ0n) is 10.8. The fraction of sp³-hybridized carbons (Fsp3) is 0.571. The third kappa shape index (κ3) is 3.20. The van der Waals surface area contributed by atoms with E-state index in [0.717, 1.165) is 25.4 Å². The minimum atomic E-state index is 0.313. The summed E-state index contributed by atoms with van der Waals surface area (Å²) in [7, 11) is 1.73. The van der Waals surface area contributed by atoms with Crippen LogP contribution in [-0.2, 0) is 11.3 Å². The zero-order valence-corrected chi connectivity index (χ0v) is 10.8. The van der Waals surface area contributed by atoms with Gasteiger partial charge >= 0.3 is 0 Å². The van der Waals surface area contributed by atoms with Gasteiger partial charge in [0.1, 0.15) is 5.75 Å². The van der Waals surface area contributed by atoms with Crippen LogP contribution in [0.4, 0.5) is 0 Å². The van der Waals surface area contributed by atoms with Crippen molar-refractivity contribution in [3.63, 3.8) is 0 Å².